The van der Waals surface area contributed by atoms with Gasteiger partial charge in [-0.1, -0.05) is 13.8 Å². The molecule has 0 aliphatic heterocycles. The molecule has 0 radical (unpaired) electrons. The first kappa shape index (κ1) is 15.3. The van der Waals surface area contributed by atoms with E-state index < -0.39 is 0 Å². The Labute approximate surface area is 113 Å². The van der Waals surface area contributed by atoms with Gasteiger partial charge < -0.3 is 14.9 Å². The maximum Gasteiger partial charge on any atom is 0.123 e. The number of aliphatic hydroxyl groups excluding tert-OH is 2. The number of aliphatic hydroxyl groups is 2. The van der Waals surface area contributed by atoms with Crippen LogP contribution in [0.1, 0.15) is 38.1 Å². The number of rotatable bonds is 7. The second-order valence-electron chi connectivity index (χ2n) is 4.87. The first-order valence-corrected chi connectivity index (χ1v) is 6.46. The second kappa shape index (κ2) is 6.97. The molecule has 0 aliphatic rings. The minimum absolute atomic E-state index is 0.00806. The zero-order valence-corrected chi connectivity index (χ0v) is 11.8. The predicted octanol–water partition coefficient (Wildman–Crippen LogP) is 1.93. The smallest absolute Gasteiger partial charge is 0.123 e. The van der Waals surface area contributed by atoms with E-state index in [1.54, 1.807) is 12.1 Å². The maximum atomic E-state index is 9.05. The molecule has 2 N–H and O–H groups in total. The number of hydrogen-bond donors (Lipinski definition) is 3. The van der Waals surface area contributed by atoms with Crippen LogP contribution >= 0.6 is 12.6 Å². The Morgan fingerprint density at radius 1 is 1.22 bits per heavy atom. The lowest BCUT2D eigenvalue weighted by Crippen LogP contribution is -2.12. The van der Waals surface area contributed by atoms with Gasteiger partial charge in [-0.25, -0.2) is 0 Å². The zero-order chi connectivity index (χ0) is 13.6. The van der Waals surface area contributed by atoms with Crippen molar-refractivity contribution in [2.75, 3.05) is 6.61 Å². The Hall–Kier alpha value is -0.780. The highest BCUT2D eigenvalue weighted by Crippen LogP contribution is 2.20. The van der Waals surface area contributed by atoms with E-state index in [9.17, 15) is 0 Å². The van der Waals surface area contributed by atoms with Crippen LogP contribution in [0.4, 0.5) is 0 Å². The minimum Gasteiger partial charge on any atom is -0.493 e. The summed E-state index contributed by atoms with van der Waals surface area (Å²) in [4.78, 5) is 4.05. The summed E-state index contributed by atoms with van der Waals surface area (Å²) >= 11 is 4.45. The molecule has 1 aromatic rings. The van der Waals surface area contributed by atoms with Crippen LogP contribution in [0, 0.1) is 0 Å². The van der Waals surface area contributed by atoms with E-state index in [1.165, 1.54) is 0 Å². The third-order valence-electron chi connectivity index (χ3n) is 2.43. The molecule has 18 heavy (non-hydrogen) atoms. The summed E-state index contributed by atoms with van der Waals surface area (Å²) in [7, 11) is 0. The lowest BCUT2D eigenvalue weighted by Gasteiger charge is -2.17. The molecule has 0 amide bonds. The number of ether oxygens (including phenoxy) is 1. The summed E-state index contributed by atoms with van der Waals surface area (Å²) in [6.07, 6.45) is 1.86. The van der Waals surface area contributed by atoms with Crippen molar-refractivity contribution < 1.29 is 14.9 Å². The van der Waals surface area contributed by atoms with Crippen molar-refractivity contribution in [3.63, 3.8) is 0 Å². The molecule has 5 heteroatoms. The minimum atomic E-state index is -0.159. The van der Waals surface area contributed by atoms with E-state index in [-0.39, 0.29) is 18.0 Å². The highest BCUT2D eigenvalue weighted by atomic mass is 32.1. The maximum absolute atomic E-state index is 9.05. The molecule has 0 spiro atoms. The van der Waals surface area contributed by atoms with Crippen molar-refractivity contribution in [2.24, 2.45) is 0 Å². The van der Waals surface area contributed by atoms with Crippen molar-refractivity contribution in [3.8, 4) is 5.75 Å². The van der Waals surface area contributed by atoms with Gasteiger partial charge in [0, 0.05) is 16.9 Å². The van der Waals surface area contributed by atoms with Crippen LogP contribution in [0.2, 0.25) is 0 Å². The molecular weight excluding hydrogens is 250 g/mol. The molecule has 1 rings (SSSR count). The summed E-state index contributed by atoms with van der Waals surface area (Å²) in [5, 5.41) is 18.1. The number of aromatic nitrogens is 1. The molecule has 1 heterocycles. The van der Waals surface area contributed by atoms with E-state index >= 15 is 0 Å². The van der Waals surface area contributed by atoms with Gasteiger partial charge in [0.15, 0.2) is 0 Å². The lowest BCUT2D eigenvalue weighted by molar-refractivity contribution is 0.260. The largest absolute Gasteiger partial charge is 0.493 e. The summed E-state index contributed by atoms with van der Waals surface area (Å²) in [6, 6.07) is 3.37. The second-order valence-corrected chi connectivity index (χ2v) is 6.08. The van der Waals surface area contributed by atoms with Gasteiger partial charge in [-0.2, -0.15) is 12.6 Å². The highest BCUT2D eigenvalue weighted by Gasteiger charge is 2.10. The number of pyridine rings is 1. The molecule has 0 bridgehead atoms. The van der Waals surface area contributed by atoms with E-state index in [1.807, 2.05) is 0 Å². The first-order chi connectivity index (χ1) is 8.44. The molecule has 4 nitrogen and oxygen atoms in total. The third kappa shape index (κ3) is 5.71. The van der Waals surface area contributed by atoms with Crippen molar-refractivity contribution in [3.05, 3.63) is 23.5 Å². The van der Waals surface area contributed by atoms with Gasteiger partial charge in [-0.15, -0.1) is 0 Å². The van der Waals surface area contributed by atoms with Gasteiger partial charge in [0.05, 0.1) is 31.2 Å². The number of thiol groups is 1. The van der Waals surface area contributed by atoms with Gasteiger partial charge >= 0.3 is 0 Å². The van der Waals surface area contributed by atoms with Crippen molar-refractivity contribution in [1.29, 1.82) is 0 Å². The van der Waals surface area contributed by atoms with Gasteiger partial charge in [-0.05, 0) is 12.8 Å². The molecule has 0 atom stereocenters. The Morgan fingerprint density at radius 2 is 1.78 bits per heavy atom. The van der Waals surface area contributed by atoms with Crippen molar-refractivity contribution >= 4 is 12.6 Å². The Balaban J connectivity index is 2.51. The standard InChI is InChI=1S/C13H21NO3S/c1-13(2,18)4-3-5-17-12-6-10(8-15)14-11(7-12)9-16/h6-7,15-16,18H,3-5,8-9H2,1-2H3. The Kier molecular flexibility index (Phi) is 5.91. The third-order valence-corrected chi connectivity index (χ3v) is 2.65. The Morgan fingerprint density at radius 3 is 2.22 bits per heavy atom. The summed E-state index contributed by atoms with van der Waals surface area (Å²) in [6.45, 7) is 4.40. The quantitative estimate of drug-likeness (QED) is 0.524. The SMILES string of the molecule is CC(C)(S)CCCOc1cc(CO)nc(CO)c1. The van der Waals surface area contributed by atoms with Gasteiger partial charge in [0.1, 0.15) is 5.75 Å². The van der Waals surface area contributed by atoms with E-state index in [2.05, 4.69) is 31.5 Å². The average molecular weight is 271 g/mol. The van der Waals surface area contributed by atoms with E-state index in [0.29, 0.717) is 23.7 Å². The molecule has 1 aromatic heterocycles. The predicted molar refractivity (Wildman–Crippen MR) is 73.9 cm³/mol. The van der Waals surface area contributed by atoms with Gasteiger partial charge in [0.25, 0.3) is 0 Å². The fraction of sp³-hybridized carbons (Fsp3) is 0.615. The summed E-state index contributed by atoms with van der Waals surface area (Å²) in [5.41, 5.74) is 1.01. The monoisotopic (exact) mass is 271 g/mol. The van der Waals surface area contributed by atoms with Crippen LogP contribution < -0.4 is 4.74 Å². The lowest BCUT2D eigenvalue weighted by atomic mass is 10.1. The normalized spacial score (nSPS) is 11.6. The Bertz CT molecular complexity index is 355. The summed E-state index contributed by atoms with van der Waals surface area (Å²) in [5.74, 6) is 0.634. The number of hydrogen-bond acceptors (Lipinski definition) is 5. The molecule has 0 unspecified atom stereocenters. The number of nitrogens with zero attached hydrogens (tertiary/aromatic N) is 1. The first-order valence-electron chi connectivity index (χ1n) is 6.01. The molecule has 0 saturated carbocycles. The van der Waals surface area contributed by atoms with E-state index in [0.717, 1.165) is 12.8 Å². The molecule has 0 fully saturated rings. The van der Waals surface area contributed by atoms with Crippen LogP contribution in [-0.4, -0.2) is 26.6 Å². The molecule has 0 saturated heterocycles. The van der Waals surface area contributed by atoms with Crippen molar-refractivity contribution in [2.45, 2.75) is 44.6 Å². The van der Waals surface area contributed by atoms with Crippen LogP contribution in [0.5, 0.6) is 5.75 Å². The molecular formula is C13H21NO3S. The van der Waals surface area contributed by atoms with Gasteiger partial charge in [-0.3, -0.25) is 4.98 Å². The van der Waals surface area contributed by atoms with Crippen LogP contribution in [0.25, 0.3) is 0 Å². The summed E-state index contributed by atoms with van der Waals surface area (Å²) < 4.78 is 5.60. The molecule has 0 aliphatic carbocycles. The highest BCUT2D eigenvalue weighted by molar-refractivity contribution is 7.81. The zero-order valence-electron chi connectivity index (χ0n) is 10.9. The van der Waals surface area contributed by atoms with Gasteiger partial charge in [0.2, 0.25) is 0 Å². The fourth-order valence-corrected chi connectivity index (χ4v) is 1.72. The molecule has 102 valence electrons. The van der Waals surface area contributed by atoms with Crippen LogP contribution in [0.15, 0.2) is 12.1 Å². The fourth-order valence-electron chi connectivity index (χ4n) is 1.56. The van der Waals surface area contributed by atoms with Crippen molar-refractivity contribution in [1.82, 2.24) is 4.98 Å². The average Bonchev–Trinajstić information content (AvgIpc) is 2.33. The molecule has 0 aromatic carbocycles. The topological polar surface area (TPSA) is 62.6 Å². The van der Waals surface area contributed by atoms with Crippen LogP contribution in [0.3, 0.4) is 0 Å². The van der Waals surface area contributed by atoms with Crippen LogP contribution in [-0.2, 0) is 13.2 Å². The van der Waals surface area contributed by atoms with E-state index in [4.69, 9.17) is 14.9 Å².